The number of aromatic nitrogens is 2. The fourth-order valence-corrected chi connectivity index (χ4v) is 3.28. The maximum Gasteiger partial charge on any atom is 0.240 e. The van der Waals surface area contributed by atoms with Crippen molar-refractivity contribution in [3.05, 3.63) is 46.7 Å². The summed E-state index contributed by atoms with van der Waals surface area (Å²) in [7, 11) is -1.62. The van der Waals surface area contributed by atoms with Gasteiger partial charge in [0.05, 0.1) is 11.1 Å². The summed E-state index contributed by atoms with van der Waals surface area (Å²) in [5.74, 6) is 0. The molecule has 0 saturated heterocycles. The molecule has 0 amide bonds. The van der Waals surface area contributed by atoms with E-state index in [1.165, 1.54) is 0 Å². The topological polar surface area (TPSA) is 64.0 Å². The molecule has 0 saturated carbocycles. The van der Waals surface area contributed by atoms with Crippen LogP contribution in [0.15, 0.2) is 46.0 Å². The van der Waals surface area contributed by atoms with Crippen LogP contribution in [0.5, 0.6) is 0 Å². The van der Waals surface area contributed by atoms with E-state index in [2.05, 4.69) is 25.8 Å². The zero-order valence-corrected chi connectivity index (χ0v) is 12.8. The molecule has 0 aliphatic carbocycles. The van der Waals surface area contributed by atoms with Crippen LogP contribution in [0.4, 0.5) is 0 Å². The molecule has 0 radical (unpaired) electrons. The third-order valence-corrected chi connectivity index (χ3v) is 4.52. The van der Waals surface area contributed by atoms with Gasteiger partial charge < -0.3 is 0 Å². The zero-order valence-electron chi connectivity index (χ0n) is 10.4. The van der Waals surface area contributed by atoms with E-state index in [9.17, 15) is 8.42 Å². The Morgan fingerprint density at radius 1 is 1.42 bits per heavy atom. The lowest BCUT2D eigenvalue weighted by Crippen LogP contribution is -2.25. The largest absolute Gasteiger partial charge is 0.276 e. The fraction of sp³-hybridized carbons (Fsp3) is 0.250. The number of halogens is 1. The van der Waals surface area contributed by atoms with Crippen LogP contribution in [0.1, 0.15) is 5.56 Å². The van der Waals surface area contributed by atoms with Gasteiger partial charge in [-0.1, -0.05) is 22.0 Å². The number of nitrogens with zero attached hydrogens (tertiary/aromatic N) is 2. The Bertz CT molecular complexity index is 667. The maximum absolute atomic E-state index is 12.0. The Morgan fingerprint density at radius 3 is 2.84 bits per heavy atom. The number of hydrogen-bond acceptors (Lipinski definition) is 3. The number of hydrogen-bond donors (Lipinski definition) is 1. The van der Waals surface area contributed by atoms with Gasteiger partial charge in [-0.25, -0.2) is 13.1 Å². The lowest BCUT2D eigenvalue weighted by atomic mass is 10.3. The normalized spacial score (nSPS) is 11.7. The summed E-state index contributed by atoms with van der Waals surface area (Å²) in [6.45, 7) is 0.348. The van der Waals surface area contributed by atoms with Gasteiger partial charge in [-0.05, 0) is 30.2 Å². The third kappa shape index (κ3) is 3.89. The Kier molecular flexibility index (Phi) is 4.38. The average molecular weight is 344 g/mol. The molecular weight excluding hydrogens is 330 g/mol. The molecule has 0 aliphatic heterocycles. The first kappa shape index (κ1) is 14.2. The number of aryl methyl sites for hydroxylation is 1. The van der Waals surface area contributed by atoms with Gasteiger partial charge in [0, 0.05) is 24.3 Å². The van der Waals surface area contributed by atoms with Crippen molar-refractivity contribution in [3.8, 4) is 0 Å². The fourth-order valence-electron chi connectivity index (χ4n) is 1.65. The van der Waals surface area contributed by atoms with E-state index in [0.29, 0.717) is 13.0 Å². The molecule has 0 fully saturated rings. The molecule has 5 nitrogen and oxygen atoms in total. The molecule has 0 unspecified atom stereocenters. The lowest BCUT2D eigenvalue weighted by molar-refractivity contribution is 0.581. The summed E-state index contributed by atoms with van der Waals surface area (Å²) in [6.07, 6.45) is 4.21. The van der Waals surface area contributed by atoms with Crippen LogP contribution in [0.3, 0.4) is 0 Å². The first-order valence-electron chi connectivity index (χ1n) is 5.70. The third-order valence-electron chi connectivity index (χ3n) is 2.57. The van der Waals surface area contributed by atoms with Gasteiger partial charge >= 0.3 is 0 Å². The molecule has 102 valence electrons. The molecule has 1 N–H and O–H groups in total. The summed E-state index contributed by atoms with van der Waals surface area (Å²) >= 11 is 3.26. The van der Waals surface area contributed by atoms with Gasteiger partial charge in [-0.3, -0.25) is 4.68 Å². The average Bonchev–Trinajstić information content (AvgIpc) is 2.75. The lowest BCUT2D eigenvalue weighted by Gasteiger charge is -2.06. The molecule has 0 bridgehead atoms. The smallest absolute Gasteiger partial charge is 0.240 e. The van der Waals surface area contributed by atoms with Gasteiger partial charge in [0.1, 0.15) is 0 Å². The Morgan fingerprint density at radius 2 is 2.21 bits per heavy atom. The molecule has 7 heteroatoms. The van der Waals surface area contributed by atoms with Gasteiger partial charge in [0.25, 0.3) is 0 Å². The molecule has 1 aromatic carbocycles. The predicted molar refractivity (Wildman–Crippen MR) is 76.2 cm³/mol. The molecule has 0 atom stereocenters. The van der Waals surface area contributed by atoms with E-state index in [-0.39, 0.29) is 4.90 Å². The Balaban J connectivity index is 1.98. The summed E-state index contributed by atoms with van der Waals surface area (Å²) in [5.41, 5.74) is 0.999. The standard InChI is InChI=1S/C12H14BrN3O2S/c1-16-9-10(8-14-16)5-6-15-19(17,18)12-4-2-3-11(13)7-12/h2-4,7-9,15H,5-6H2,1H3. The second-order valence-corrected chi connectivity index (χ2v) is 6.81. The van der Waals surface area contributed by atoms with Crippen molar-refractivity contribution < 1.29 is 8.42 Å². The Hall–Kier alpha value is -1.18. The SMILES string of the molecule is Cn1cc(CCNS(=O)(=O)c2cccc(Br)c2)cn1. The van der Waals surface area contributed by atoms with Crippen molar-refractivity contribution in [1.82, 2.24) is 14.5 Å². The number of rotatable bonds is 5. The number of benzene rings is 1. The van der Waals surface area contributed by atoms with Crippen LogP contribution >= 0.6 is 15.9 Å². The van der Waals surface area contributed by atoms with E-state index < -0.39 is 10.0 Å². The van der Waals surface area contributed by atoms with Crippen LogP contribution in [0.25, 0.3) is 0 Å². The minimum absolute atomic E-state index is 0.257. The second-order valence-electron chi connectivity index (χ2n) is 4.13. The predicted octanol–water partition coefficient (Wildman–Crippen LogP) is 1.70. The highest BCUT2D eigenvalue weighted by Gasteiger charge is 2.13. The molecule has 0 spiro atoms. The van der Waals surface area contributed by atoms with Crippen LogP contribution < -0.4 is 4.72 Å². The maximum atomic E-state index is 12.0. The monoisotopic (exact) mass is 343 g/mol. The molecule has 1 heterocycles. The zero-order chi connectivity index (χ0) is 13.9. The molecular formula is C12H14BrN3O2S. The van der Waals surface area contributed by atoms with Gasteiger partial charge in [0.15, 0.2) is 0 Å². The van der Waals surface area contributed by atoms with Gasteiger partial charge in [-0.2, -0.15) is 5.10 Å². The first-order valence-corrected chi connectivity index (χ1v) is 7.98. The minimum Gasteiger partial charge on any atom is -0.276 e. The quantitative estimate of drug-likeness (QED) is 0.898. The summed E-state index contributed by atoms with van der Waals surface area (Å²) in [5, 5.41) is 4.03. The highest BCUT2D eigenvalue weighted by molar-refractivity contribution is 9.10. The molecule has 1 aromatic heterocycles. The summed E-state index contributed by atoms with van der Waals surface area (Å²) in [4.78, 5) is 0.257. The number of sulfonamides is 1. The summed E-state index contributed by atoms with van der Waals surface area (Å²) in [6, 6.07) is 6.62. The number of nitrogens with one attached hydrogen (secondary N) is 1. The van der Waals surface area contributed by atoms with Crippen molar-refractivity contribution in [3.63, 3.8) is 0 Å². The highest BCUT2D eigenvalue weighted by Crippen LogP contribution is 2.15. The van der Waals surface area contributed by atoms with E-state index >= 15 is 0 Å². The van der Waals surface area contributed by atoms with E-state index in [1.54, 1.807) is 35.1 Å². The van der Waals surface area contributed by atoms with Crippen LogP contribution in [-0.2, 0) is 23.5 Å². The molecule has 0 aliphatic rings. The Labute approximate surface area is 120 Å². The van der Waals surface area contributed by atoms with Crippen molar-refractivity contribution in [1.29, 1.82) is 0 Å². The van der Waals surface area contributed by atoms with Gasteiger partial charge in [-0.15, -0.1) is 0 Å². The van der Waals surface area contributed by atoms with Crippen LogP contribution in [0, 0.1) is 0 Å². The van der Waals surface area contributed by atoms with Gasteiger partial charge in [0.2, 0.25) is 10.0 Å². The molecule has 2 aromatic rings. The molecule has 2 rings (SSSR count). The van der Waals surface area contributed by atoms with E-state index in [1.807, 2.05) is 13.2 Å². The van der Waals surface area contributed by atoms with E-state index in [4.69, 9.17) is 0 Å². The van der Waals surface area contributed by atoms with Crippen LogP contribution in [-0.4, -0.2) is 24.7 Å². The van der Waals surface area contributed by atoms with E-state index in [0.717, 1.165) is 10.0 Å². The second kappa shape index (κ2) is 5.85. The first-order chi connectivity index (χ1) is 8.97. The van der Waals surface area contributed by atoms with Crippen molar-refractivity contribution >= 4 is 26.0 Å². The minimum atomic E-state index is -3.45. The van der Waals surface area contributed by atoms with Crippen molar-refractivity contribution in [2.75, 3.05) is 6.54 Å². The molecule has 19 heavy (non-hydrogen) atoms. The highest BCUT2D eigenvalue weighted by atomic mass is 79.9. The summed E-state index contributed by atoms with van der Waals surface area (Å²) < 4.78 is 29.1. The van der Waals surface area contributed by atoms with Crippen LogP contribution in [0.2, 0.25) is 0 Å². The van der Waals surface area contributed by atoms with Crippen molar-refractivity contribution in [2.45, 2.75) is 11.3 Å². The van der Waals surface area contributed by atoms with Crippen molar-refractivity contribution in [2.24, 2.45) is 7.05 Å².